The number of piperidine rings is 1. The molecule has 4 aliphatic heterocycles. The molecule has 4 heterocycles. The Bertz CT molecular complexity index is 974. The van der Waals surface area contributed by atoms with Gasteiger partial charge in [0, 0.05) is 51.0 Å². The van der Waals surface area contributed by atoms with Crippen molar-refractivity contribution in [1.29, 1.82) is 0 Å². The number of benzene rings is 1. The first kappa shape index (κ1) is 23.6. The van der Waals surface area contributed by atoms with E-state index in [0.29, 0.717) is 52.1 Å². The molecule has 0 spiro atoms. The van der Waals surface area contributed by atoms with Gasteiger partial charge in [-0.1, -0.05) is 12.1 Å². The predicted octanol–water partition coefficient (Wildman–Crippen LogP) is 2.21. The maximum absolute atomic E-state index is 13.0. The summed E-state index contributed by atoms with van der Waals surface area (Å²) >= 11 is 0. The number of amides is 4. The molecule has 4 aliphatic rings. The summed E-state index contributed by atoms with van der Waals surface area (Å²) in [4.78, 5) is 42.6. The van der Waals surface area contributed by atoms with Crippen LogP contribution in [-0.4, -0.2) is 90.5 Å². The number of carbonyl (C=O) groups excluding carboxylic acids is 3. The molecule has 5 rings (SSSR count). The number of likely N-dealkylation sites (tertiary alicyclic amines) is 3. The maximum atomic E-state index is 13.0. The fraction of sp³-hybridized carbons (Fsp3) is 0.609. The molecule has 0 aliphatic carbocycles. The van der Waals surface area contributed by atoms with Crippen molar-refractivity contribution in [2.75, 3.05) is 39.3 Å². The highest BCUT2D eigenvalue weighted by molar-refractivity contribution is 5.78. The minimum Gasteiger partial charge on any atom is -0.442 e. The summed E-state index contributed by atoms with van der Waals surface area (Å²) in [7, 11) is 0. The minimum absolute atomic E-state index is 0.00511. The molecule has 4 unspecified atom stereocenters. The third-order valence-electron chi connectivity index (χ3n) is 7.29. The first-order valence-electron chi connectivity index (χ1n) is 11.8. The van der Waals surface area contributed by atoms with Crippen molar-refractivity contribution in [1.82, 2.24) is 20.0 Å². The highest BCUT2D eigenvalue weighted by Crippen LogP contribution is 2.33. The van der Waals surface area contributed by atoms with Crippen LogP contribution in [0.25, 0.3) is 0 Å². The number of hydrogen-bond acceptors (Lipinski definition) is 5. The first-order valence-corrected chi connectivity index (χ1v) is 11.8. The van der Waals surface area contributed by atoms with Crippen LogP contribution < -0.4 is 10.1 Å². The number of carbonyl (C=O) groups is 3. The molecular weight excluding hydrogens is 469 g/mol. The van der Waals surface area contributed by atoms with E-state index in [-0.39, 0.29) is 48.1 Å². The summed E-state index contributed by atoms with van der Waals surface area (Å²) in [6, 6.07) is 5.47. The molecule has 9 nitrogen and oxygen atoms in total. The van der Waals surface area contributed by atoms with Crippen LogP contribution in [0, 0.1) is 11.8 Å². The summed E-state index contributed by atoms with van der Waals surface area (Å²) in [6.07, 6.45) is -4.10. The third kappa shape index (κ3) is 5.25. The van der Waals surface area contributed by atoms with Gasteiger partial charge in [0.2, 0.25) is 5.91 Å². The number of nitrogens with one attached hydrogen (secondary N) is 1. The van der Waals surface area contributed by atoms with Crippen molar-refractivity contribution >= 4 is 18.0 Å². The Morgan fingerprint density at radius 2 is 1.66 bits per heavy atom. The SMILES string of the molecule is O=C1NC2CCN(C(=O)N3CC4CN(C(=O)CCc5ccc(OC(F)(F)F)cc5)CC4C3)CC2O1. The summed E-state index contributed by atoms with van der Waals surface area (Å²) in [6.45, 7) is 3.34. The van der Waals surface area contributed by atoms with E-state index >= 15 is 0 Å². The Hall–Kier alpha value is -3.18. The van der Waals surface area contributed by atoms with Gasteiger partial charge in [0.15, 0.2) is 0 Å². The zero-order valence-electron chi connectivity index (χ0n) is 19.0. The maximum Gasteiger partial charge on any atom is 0.573 e. The van der Waals surface area contributed by atoms with Crippen molar-refractivity contribution in [2.24, 2.45) is 11.8 Å². The second-order valence-corrected chi connectivity index (χ2v) is 9.63. The van der Waals surface area contributed by atoms with E-state index in [1.807, 2.05) is 9.80 Å². The van der Waals surface area contributed by atoms with Crippen molar-refractivity contribution < 1.29 is 37.0 Å². The molecule has 0 aromatic heterocycles. The fourth-order valence-electron chi connectivity index (χ4n) is 5.52. The molecule has 190 valence electrons. The highest BCUT2D eigenvalue weighted by Gasteiger charge is 2.46. The first-order chi connectivity index (χ1) is 16.6. The van der Waals surface area contributed by atoms with Crippen LogP contribution >= 0.6 is 0 Å². The average Bonchev–Trinajstić information content (AvgIpc) is 3.48. The van der Waals surface area contributed by atoms with Gasteiger partial charge in [-0.2, -0.15) is 0 Å². The Morgan fingerprint density at radius 1 is 1.00 bits per heavy atom. The smallest absolute Gasteiger partial charge is 0.442 e. The standard InChI is InChI=1S/C23H27F3N4O5/c24-23(25,26)35-17-4-1-14(2-5-17)3-6-20(31)29-9-15-11-30(12-16(15)10-29)22(33)28-8-7-18-19(13-28)34-21(32)27-18/h1-2,4-5,15-16,18-19H,3,6-13H2,(H,27,32). The van der Waals surface area contributed by atoms with Crippen LogP contribution in [0.2, 0.25) is 0 Å². The zero-order valence-corrected chi connectivity index (χ0v) is 19.0. The van der Waals surface area contributed by atoms with Crippen LogP contribution in [0.1, 0.15) is 18.4 Å². The van der Waals surface area contributed by atoms with Crippen molar-refractivity contribution in [3.05, 3.63) is 29.8 Å². The van der Waals surface area contributed by atoms with Gasteiger partial charge >= 0.3 is 18.5 Å². The molecular formula is C23H27F3N4O5. The molecule has 1 aromatic carbocycles. The van der Waals surface area contributed by atoms with Crippen molar-refractivity contribution in [3.63, 3.8) is 0 Å². The number of urea groups is 1. The van der Waals surface area contributed by atoms with Gasteiger partial charge in [-0.25, -0.2) is 9.59 Å². The van der Waals surface area contributed by atoms with Crippen molar-refractivity contribution in [3.8, 4) is 5.75 Å². The summed E-state index contributed by atoms with van der Waals surface area (Å²) in [5, 5.41) is 2.77. The Labute approximate surface area is 200 Å². The van der Waals surface area contributed by atoms with Gasteiger partial charge in [0.1, 0.15) is 11.9 Å². The lowest BCUT2D eigenvalue weighted by atomic mass is 10.0. The number of alkyl carbamates (subject to hydrolysis) is 1. The number of fused-ring (bicyclic) bond motifs is 2. The van der Waals surface area contributed by atoms with Gasteiger partial charge in [0.25, 0.3) is 0 Å². The Kier molecular flexibility index (Phi) is 6.14. The van der Waals surface area contributed by atoms with E-state index in [2.05, 4.69) is 10.1 Å². The lowest BCUT2D eigenvalue weighted by molar-refractivity contribution is -0.274. The molecule has 4 atom stereocenters. The lowest BCUT2D eigenvalue weighted by Gasteiger charge is -2.35. The summed E-state index contributed by atoms with van der Waals surface area (Å²) < 4.78 is 45.9. The van der Waals surface area contributed by atoms with Crippen LogP contribution in [0.3, 0.4) is 0 Å². The molecule has 4 saturated heterocycles. The number of nitrogens with zero attached hydrogens (tertiary/aromatic N) is 3. The third-order valence-corrected chi connectivity index (χ3v) is 7.29. The summed E-state index contributed by atoms with van der Waals surface area (Å²) in [5.74, 6) is 0.172. The predicted molar refractivity (Wildman–Crippen MR) is 115 cm³/mol. The number of rotatable bonds is 4. The lowest BCUT2D eigenvalue weighted by Crippen LogP contribution is -2.53. The molecule has 4 fully saturated rings. The molecule has 0 bridgehead atoms. The van der Waals surface area contributed by atoms with Gasteiger partial charge < -0.3 is 29.5 Å². The second kappa shape index (κ2) is 9.12. The minimum atomic E-state index is -4.73. The molecule has 0 saturated carbocycles. The molecule has 0 radical (unpaired) electrons. The van der Waals surface area contributed by atoms with E-state index < -0.39 is 12.5 Å². The molecule has 35 heavy (non-hydrogen) atoms. The zero-order chi connectivity index (χ0) is 24.7. The Balaban J connectivity index is 1.07. The van der Waals surface area contributed by atoms with Gasteiger partial charge in [-0.15, -0.1) is 13.2 Å². The average molecular weight is 496 g/mol. The second-order valence-electron chi connectivity index (χ2n) is 9.63. The van der Waals surface area contributed by atoms with Crippen molar-refractivity contribution in [2.45, 2.75) is 37.8 Å². The normalized spacial score (nSPS) is 27.9. The highest BCUT2D eigenvalue weighted by atomic mass is 19.4. The number of alkyl halides is 3. The molecule has 1 N–H and O–H groups in total. The van der Waals surface area contributed by atoms with Crippen LogP contribution in [0.4, 0.5) is 22.8 Å². The molecule has 1 aromatic rings. The van der Waals surface area contributed by atoms with Gasteiger partial charge in [-0.3, -0.25) is 4.79 Å². The molecule has 12 heteroatoms. The van der Waals surface area contributed by atoms with E-state index in [4.69, 9.17) is 4.74 Å². The van der Waals surface area contributed by atoms with E-state index in [0.717, 1.165) is 5.56 Å². The number of hydrogen-bond donors (Lipinski definition) is 1. The van der Waals surface area contributed by atoms with E-state index in [9.17, 15) is 27.6 Å². The number of halogens is 3. The number of ether oxygens (including phenoxy) is 2. The van der Waals surface area contributed by atoms with Gasteiger partial charge in [-0.05, 0) is 30.5 Å². The fourth-order valence-corrected chi connectivity index (χ4v) is 5.52. The summed E-state index contributed by atoms with van der Waals surface area (Å²) in [5.41, 5.74) is 0.760. The van der Waals surface area contributed by atoms with Crippen LogP contribution in [-0.2, 0) is 16.0 Å². The quantitative estimate of drug-likeness (QED) is 0.691. The monoisotopic (exact) mass is 496 g/mol. The van der Waals surface area contributed by atoms with E-state index in [1.165, 1.54) is 24.3 Å². The van der Waals surface area contributed by atoms with Crippen LogP contribution in [0.5, 0.6) is 5.75 Å². The Morgan fingerprint density at radius 3 is 2.31 bits per heavy atom. The largest absolute Gasteiger partial charge is 0.573 e. The van der Waals surface area contributed by atoms with E-state index in [1.54, 1.807) is 4.90 Å². The van der Waals surface area contributed by atoms with Gasteiger partial charge in [0.05, 0.1) is 12.6 Å². The topological polar surface area (TPSA) is 91.4 Å². The van der Waals surface area contributed by atoms with Crippen LogP contribution in [0.15, 0.2) is 24.3 Å². The molecule has 4 amide bonds. The number of aryl methyl sites for hydroxylation is 1.